The summed E-state index contributed by atoms with van der Waals surface area (Å²) in [6.07, 6.45) is 8.74. The number of aromatic amines is 1. The second-order valence-corrected chi connectivity index (χ2v) is 7.21. The first-order chi connectivity index (χ1) is 14.6. The molecule has 1 fully saturated rings. The molecule has 156 valence electrons. The minimum Gasteiger partial charge on any atom is -0.342 e. The number of aromatic nitrogens is 6. The van der Waals surface area contributed by atoms with Crippen LogP contribution in [0.5, 0.6) is 0 Å². The Morgan fingerprint density at radius 2 is 2.20 bits per heavy atom. The summed E-state index contributed by atoms with van der Waals surface area (Å²) in [6.45, 7) is 1.51. The van der Waals surface area contributed by atoms with Crippen LogP contribution in [0.3, 0.4) is 0 Å². The summed E-state index contributed by atoms with van der Waals surface area (Å²) in [5, 5.41) is 3.96. The molecule has 30 heavy (non-hydrogen) atoms. The average molecular weight is 411 g/mol. The molecular formula is C19H21N7O4. The van der Waals surface area contributed by atoms with E-state index in [1.165, 1.54) is 16.8 Å². The molecule has 1 atom stereocenters. The summed E-state index contributed by atoms with van der Waals surface area (Å²) >= 11 is 0. The first-order valence-corrected chi connectivity index (χ1v) is 9.75. The number of hydrogen-bond donors (Lipinski definition) is 1. The third kappa shape index (κ3) is 4.67. The lowest BCUT2D eigenvalue weighted by Crippen LogP contribution is -2.41. The fraction of sp³-hybridized carbons (Fsp3) is 0.421. The minimum atomic E-state index is -0.512. The number of rotatable bonds is 6. The van der Waals surface area contributed by atoms with Crippen LogP contribution in [-0.2, 0) is 17.8 Å². The Balaban J connectivity index is 1.33. The van der Waals surface area contributed by atoms with Gasteiger partial charge in [-0.1, -0.05) is 5.16 Å². The molecule has 0 aliphatic carbocycles. The molecule has 0 unspecified atom stereocenters. The zero-order chi connectivity index (χ0) is 20.9. The molecule has 1 aliphatic heterocycles. The van der Waals surface area contributed by atoms with E-state index >= 15 is 0 Å². The van der Waals surface area contributed by atoms with Gasteiger partial charge < -0.3 is 14.0 Å². The van der Waals surface area contributed by atoms with Gasteiger partial charge in [-0.2, -0.15) is 4.98 Å². The third-order valence-corrected chi connectivity index (χ3v) is 5.06. The van der Waals surface area contributed by atoms with E-state index < -0.39 is 11.2 Å². The van der Waals surface area contributed by atoms with Crippen molar-refractivity contribution in [1.82, 2.24) is 34.6 Å². The number of H-pyrrole nitrogens is 1. The zero-order valence-corrected chi connectivity index (χ0v) is 16.2. The van der Waals surface area contributed by atoms with Crippen LogP contribution in [0.15, 0.2) is 45.0 Å². The molecule has 0 radical (unpaired) electrons. The average Bonchev–Trinajstić information content (AvgIpc) is 3.22. The SMILES string of the molecule is O=C(CCn1ccc(=O)[nH]c1=O)N1CCC[C@@H](Cc2nc(-c3cnccn3)no2)C1. The lowest BCUT2D eigenvalue weighted by Gasteiger charge is -2.32. The number of nitrogens with zero attached hydrogens (tertiary/aromatic N) is 6. The van der Waals surface area contributed by atoms with Gasteiger partial charge in [0, 0.05) is 57.1 Å². The molecule has 1 amide bonds. The highest BCUT2D eigenvalue weighted by Crippen LogP contribution is 2.22. The van der Waals surface area contributed by atoms with Crippen molar-refractivity contribution in [3.05, 3.63) is 57.6 Å². The Hall–Kier alpha value is -3.63. The maximum atomic E-state index is 12.6. The van der Waals surface area contributed by atoms with Crippen molar-refractivity contribution in [2.24, 2.45) is 5.92 Å². The summed E-state index contributed by atoms with van der Waals surface area (Å²) in [5.74, 6) is 1.10. The van der Waals surface area contributed by atoms with Crippen molar-refractivity contribution < 1.29 is 9.32 Å². The summed E-state index contributed by atoms with van der Waals surface area (Å²) in [4.78, 5) is 52.0. The van der Waals surface area contributed by atoms with Crippen LogP contribution in [-0.4, -0.2) is 53.6 Å². The van der Waals surface area contributed by atoms with E-state index in [2.05, 4.69) is 25.1 Å². The van der Waals surface area contributed by atoms with E-state index in [1.807, 2.05) is 4.90 Å². The molecule has 3 aromatic rings. The van der Waals surface area contributed by atoms with Gasteiger partial charge in [0.05, 0.1) is 6.20 Å². The smallest absolute Gasteiger partial charge is 0.328 e. The van der Waals surface area contributed by atoms with Gasteiger partial charge in [-0.3, -0.25) is 19.6 Å². The first kappa shape index (κ1) is 19.7. The lowest BCUT2D eigenvalue weighted by molar-refractivity contribution is -0.133. The Kier molecular flexibility index (Phi) is 5.77. The fourth-order valence-corrected chi connectivity index (χ4v) is 3.56. The zero-order valence-electron chi connectivity index (χ0n) is 16.2. The molecule has 4 heterocycles. The lowest BCUT2D eigenvalue weighted by atomic mass is 9.94. The van der Waals surface area contributed by atoms with Gasteiger partial charge >= 0.3 is 5.69 Å². The second kappa shape index (κ2) is 8.80. The molecule has 3 aromatic heterocycles. The topological polar surface area (TPSA) is 140 Å². The summed E-state index contributed by atoms with van der Waals surface area (Å²) in [7, 11) is 0. The number of likely N-dealkylation sites (tertiary alicyclic amines) is 1. The highest BCUT2D eigenvalue weighted by atomic mass is 16.5. The number of carbonyl (C=O) groups is 1. The Morgan fingerprint density at radius 3 is 3.00 bits per heavy atom. The first-order valence-electron chi connectivity index (χ1n) is 9.75. The number of piperidine rings is 1. The summed E-state index contributed by atoms with van der Waals surface area (Å²) in [5.41, 5.74) is -0.419. The molecule has 11 nitrogen and oxygen atoms in total. The molecule has 0 bridgehead atoms. The number of amides is 1. The van der Waals surface area contributed by atoms with Crippen molar-refractivity contribution in [3.63, 3.8) is 0 Å². The van der Waals surface area contributed by atoms with Gasteiger partial charge in [0.25, 0.3) is 5.56 Å². The standard InChI is InChI=1S/C19H21N7O4/c27-15-3-8-25(19(29)22-15)9-4-17(28)26-7-1-2-13(12-26)10-16-23-18(24-30-16)14-11-20-5-6-21-14/h3,5-6,8,11,13H,1-2,4,7,9-10,12H2,(H,22,27,29)/t13-/m0/s1. The van der Waals surface area contributed by atoms with Crippen LogP contribution in [0.4, 0.5) is 0 Å². The quantitative estimate of drug-likeness (QED) is 0.609. The highest BCUT2D eigenvalue weighted by Gasteiger charge is 2.25. The minimum absolute atomic E-state index is 0.0245. The van der Waals surface area contributed by atoms with Gasteiger partial charge in [-0.15, -0.1) is 0 Å². The summed E-state index contributed by atoms with van der Waals surface area (Å²) < 4.78 is 6.67. The molecule has 11 heteroatoms. The molecule has 0 saturated carbocycles. The molecule has 4 rings (SSSR count). The molecule has 1 N–H and O–H groups in total. The second-order valence-electron chi connectivity index (χ2n) is 7.21. The van der Waals surface area contributed by atoms with Crippen molar-refractivity contribution in [1.29, 1.82) is 0 Å². The van der Waals surface area contributed by atoms with Crippen molar-refractivity contribution in [2.75, 3.05) is 13.1 Å². The largest absolute Gasteiger partial charge is 0.342 e. The van der Waals surface area contributed by atoms with E-state index in [-0.39, 0.29) is 24.8 Å². The maximum Gasteiger partial charge on any atom is 0.328 e. The highest BCUT2D eigenvalue weighted by molar-refractivity contribution is 5.76. The van der Waals surface area contributed by atoms with Gasteiger partial charge in [0.2, 0.25) is 17.6 Å². The third-order valence-electron chi connectivity index (χ3n) is 5.06. The Bertz CT molecular complexity index is 1120. The fourth-order valence-electron chi connectivity index (χ4n) is 3.56. The van der Waals surface area contributed by atoms with Crippen LogP contribution < -0.4 is 11.2 Å². The van der Waals surface area contributed by atoms with Crippen LogP contribution in [0.1, 0.15) is 25.2 Å². The molecule has 1 aliphatic rings. The van der Waals surface area contributed by atoms with Crippen molar-refractivity contribution in [3.8, 4) is 11.5 Å². The van der Waals surface area contributed by atoms with Gasteiger partial charge in [-0.25, -0.2) is 9.78 Å². The molecule has 1 saturated heterocycles. The van der Waals surface area contributed by atoms with E-state index in [9.17, 15) is 14.4 Å². The van der Waals surface area contributed by atoms with Crippen molar-refractivity contribution in [2.45, 2.75) is 32.2 Å². The van der Waals surface area contributed by atoms with Crippen LogP contribution >= 0.6 is 0 Å². The van der Waals surface area contributed by atoms with Gasteiger partial charge in [0.1, 0.15) is 5.69 Å². The summed E-state index contributed by atoms with van der Waals surface area (Å²) in [6, 6.07) is 1.27. The predicted octanol–water partition coefficient (Wildman–Crippen LogP) is 0.248. The van der Waals surface area contributed by atoms with E-state index in [1.54, 1.807) is 18.6 Å². The van der Waals surface area contributed by atoms with Crippen LogP contribution in [0, 0.1) is 5.92 Å². The monoisotopic (exact) mass is 411 g/mol. The molecule has 0 aromatic carbocycles. The van der Waals surface area contributed by atoms with E-state index in [0.29, 0.717) is 36.9 Å². The van der Waals surface area contributed by atoms with Crippen LogP contribution in [0.2, 0.25) is 0 Å². The molecular weight excluding hydrogens is 390 g/mol. The Labute approximate surface area is 170 Å². The molecule has 0 spiro atoms. The van der Waals surface area contributed by atoms with Gasteiger partial charge in [-0.05, 0) is 18.8 Å². The predicted molar refractivity (Wildman–Crippen MR) is 104 cm³/mol. The number of nitrogens with one attached hydrogen (secondary N) is 1. The normalized spacial score (nSPS) is 16.5. The van der Waals surface area contributed by atoms with Crippen LogP contribution in [0.25, 0.3) is 11.5 Å². The Morgan fingerprint density at radius 1 is 1.30 bits per heavy atom. The maximum absolute atomic E-state index is 12.6. The number of hydrogen-bond acceptors (Lipinski definition) is 8. The number of carbonyl (C=O) groups excluding carboxylic acids is 1. The van der Waals surface area contributed by atoms with E-state index in [0.717, 1.165) is 12.8 Å². The number of aryl methyl sites for hydroxylation is 1. The van der Waals surface area contributed by atoms with Crippen molar-refractivity contribution >= 4 is 5.91 Å². The van der Waals surface area contributed by atoms with Gasteiger partial charge in [0.15, 0.2) is 0 Å². The van der Waals surface area contributed by atoms with E-state index in [4.69, 9.17) is 4.52 Å².